The topological polar surface area (TPSA) is 96.5 Å². The van der Waals surface area contributed by atoms with Crippen LogP contribution >= 0.6 is 0 Å². The molecule has 1 aromatic carbocycles. The summed E-state index contributed by atoms with van der Waals surface area (Å²) in [6, 6.07) is 11.7. The zero-order valence-electron chi connectivity index (χ0n) is 17.2. The molecule has 2 N–H and O–H groups in total. The molecule has 1 aliphatic heterocycles. The van der Waals surface area contributed by atoms with E-state index < -0.39 is 0 Å². The Morgan fingerprint density at radius 1 is 1.23 bits per heavy atom. The van der Waals surface area contributed by atoms with E-state index in [1.807, 2.05) is 36.4 Å². The van der Waals surface area contributed by atoms with Crippen LogP contribution in [0.1, 0.15) is 42.9 Å². The molecular weight excluding hydrogens is 384 g/mol. The monoisotopic (exact) mass is 412 g/mol. The highest BCUT2D eigenvalue weighted by molar-refractivity contribution is 5.91. The Bertz CT molecular complexity index is 857. The predicted molar refractivity (Wildman–Crippen MR) is 111 cm³/mol. The Kier molecular flexibility index (Phi) is 6.32. The van der Waals surface area contributed by atoms with Crippen molar-refractivity contribution in [2.75, 3.05) is 25.6 Å². The predicted octanol–water partition coefficient (Wildman–Crippen LogP) is 3.29. The molecule has 4 rings (SSSR count). The molecule has 30 heavy (non-hydrogen) atoms. The van der Waals surface area contributed by atoms with Crippen molar-refractivity contribution in [1.29, 1.82) is 0 Å². The van der Waals surface area contributed by atoms with Crippen molar-refractivity contribution < 1.29 is 19.1 Å². The first-order valence-electron chi connectivity index (χ1n) is 10.5. The number of aromatic nitrogens is 2. The Balaban J connectivity index is 1.21. The molecule has 0 radical (unpaired) electrons. The van der Waals surface area contributed by atoms with Gasteiger partial charge in [-0.25, -0.2) is 4.79 Å². The second-order valence-electron chi connectivity index (χ2n) is 8.10. The number of hydrogen-bond donors (Lipinski definition) is 2. The first kappa shape index (κ1) is 20.4. The summed E-state index contributed by atoms with van der Waals surface area (Å²) in [7, 11) is 1.74. The Hall–Kier alpha value is -2.87. The van der Waals surface area contributed by atoms with Crippen LogP contribution in [-0.4, -0.2) is 53.5 Å². The molecule has 1 saturated carbocycles. The fourth-order valence-corrected chi connectivity index (χ4v) is 3.86. The van der Waals surface area contributed by atoms with Crippen molar-refractivity contribution >= 4 is 17.8 Å². The lowest BCUT2D eigenvalue weighted by molar-refractivity contribution is -0.122. The summed E-state index contributed by atoms with van der Waals surface area (Å²) in [5.74, 6) is 0.845. The van der Waals surface area contributed by atoms with E-state index in [-0.39, 0.29) is 29.9 Å². The molecule has 2 amide bonds. The maximum atomic E-state index is 12.3. The molecule has 8 nitrogen and oxygen atoms in total. The third kappa shape index (κ3) is 4.99. The highest BCUT2D eigenvalue weighted by Crippen LogP contribution is 2.38. The van der Waals surface area contributed by atoms with E-state index in [4.69, 9.17) is 9.47 Å². The molecule has 2 heterocycles. The molecular formula is C22H28N4O4. The number of nitrogens with zero attached hydrogens (tertiary/aromatic N) is 2. The Morgan fingerprint density at radius 3 is 2.70 bits per heavy atom. The van der Waals surface area contributed by atoms with Gasteiger partial charge in [0.25, 0.3) is 0 Å². The summed E-state index contributed by atoms with van der Waals surface area (Å²) in [5, 5.41) is 10.1. The van der Waals surface area contributed by atoms with Gasteiger partial charge in [-0.1, -0.05) is 30.3 Å². The highest BCUT2D eigenvalue weighted by Gasteiger charge is 2.35. The molecule has 0 unspecified atom stereocenters. The van der Waals surface area contributed by atoms with Gasteiger partial charge >= 0.3 is 6.09 Å². The van der Waals surface area contributed by atoms with Crippen LogP contribution in [0.15, 0.2) is 36.4 Å². The van der Waals surface area contributed by atoms with E-state index >= 15 is 0 Å². The van der Waals surface area contributed by atoms with Crippen LogP contribution < -0.4 is 5.32 Å². The minimum Gasteiger partial charge on any atom is -0.446 e. The maximum absolute atomic E-state index is 12.3. The second-order valence-corrected chi connectivity index (χ2v) is 8.10. The number of nitrogens with one attached hydrogen (secondary N) is 2. The van der Waals surface area contributed by atoms with E-state index in [0.29, 0.717) is 25.6 Å². The van der Waals surface area contributed by atoms with Crippen LogP contribution in [-0.2, 0) is 20.8 Å². The van der Waals surface area contributed by atoms with Crippen molar-refractivity contribution in [3.63, 3.8) is 0 Å². The van der Waals surface area contributed by atoms with E-state index in [0.717, 1.165) is 36.9 Å². The number of benzene rings is 1. The van der Waals surface area contributed by atoms with Crippen LogP contribution in [0.4, 0.5) is 10.6 Å². The lowest BCUT2D eigenvalue weighted by Gasteiger charge is -2.34. The number of carbonyl (C=O) groups is 2. The zero-order valence-corrected chi connectivity index (χ0v) is 17.2. The van der Waals surface area contributed by atoms with Gasteiger partial charge in [0.1, 0.15) is 11.9 Å². The van der Waals surface area contributed by atoms with Gasteiger partial charge in [0.2, 0.25) is 5.91 Å². The molecule has 0 bridgehead atoms. The lowest BCUT2D eigenvalue weighted by Crippen LogP contribution is -2.37. The fraction of sp³-hybridized carbons (Fsp3) is 0.500. The van der Waals surface area contributed by atoms with Crippen molar-refractivity contribution in [2.24, 2.45) is 5.92 Å². The first-order valence-corrected chi connectivity index (χ1v) is 10.5. The quantitative estimate of drug-likeness (QED) is 0.759. The minimum atomic E-state index is -0.311. The molecule has 1 aromatic heterocycles. The first-order chi connectivity index (χ1) is 14.6. The van der Waals surface area contributed by atoms with Gasteiger partial charge in [0.05, 0.1) is 5.69 Å². The van der Waals surface area contributed by atoms with Crippen molar-refractivity contribution in [1.82, 2.24) is 15.1 Å². The summed E-state index contributed by atoms with van der Waals surface area (Å²) in [6.45, 7) is 1.79. The summed E-state index contributed by atoms with van der Waals surface area (Å²) < 4.78 is 10.9. The van der Waals surface area contributed by atoms with Crippen molar-refractivity contribution in [3.8, 4) is 0 Å². The zero-order chi connectivity index (χ0) is 20.9. The van der Waals surface area contributed by atoms with Gasteiger partial charge in [-0.2, -0.15) is 5.10 Å². The van der Waals surface area contributed by atoms with Gasteiger partial charge in [-0.15, -0.1) is 0 Å². The molecule has 1 aliphatic carbocycles. The van der Waals surface area contributed by atoms with Crippen LogP contribution in [0.5, 0.6) is 0 Å². The fourth-order valence-electron chi connectivity index (χ4n) is 3.86. The average Bonchev–Trinajstić information content (AvgIpc) is 3.19. The second kappa shape index (κ2) is 9.30. The highest BCUT2D eigenvalue weighted by atomic mass is 16.6. The number of rotatable bonds is 6. The van der Waals surface area contributed by atoms with E-state index in [2.05, 4.69) is 15.5 Å². The van der Waals surface area contributed by atoms with E-state index in [1.165, 1.54) is 0 Å². The number of hydrogen-bond acceptors (Lipinski definition) is 5. The molecule has 160 valence electrons. The lowest BCUT2D eigenvalue weighted by atomic mass is 9.80. The summed E-state index contributed by atoms with van der Waals surface area (Å²) >= 11 is 0. The summed E-state index contributed by atoms with van der Waals surface area (Å²) in [5.41, 5.74) is 1.96. The van der Waals surface area contributed by atoms with Gasteiger partial charge in [-0.3, -0.25) is 9.89 Å². The van der Waals surface area contributed by atoms with Crippen LogP contribution in [0, 0.1) is 5.92 Å². The van der Waals surface area contributed by atoms with Crippen LogP contribution in [0.25, 0.3) is 0 Å². The smallest absolute Gasteiger partial charge is 0.410 e. The molecule has 2 aromatic rings. The third-order valence-electron chi connectivity index (χ3n) is 5.80. The third-order valence-corrected chi connectivity index (χ3v) is 5.80. The summed E-state index contributed by atoms with van der Waals surface area (Å²) in [6.07, 6.45) is 2.57. The van der Waals surface area contributed by atoms with Crippen molar-refractivity contribution in [2.45, 2.75) is 44.2 Å². The number of carbonyl (C=O) groups excluding carboxylic acids is 2. The molecule has 8 heteroatoms. The summed E-state index contributed by atoms with van der Waals surface area (Å²) in [4.78, 5) is 26.2. The SMILES string of the molecule is CN(Cc1ccccc1)C(=O)OC1CC(c2cc(NC(=O)C3CCOCC3)[nH]n2)C1. The number of amides is 2. The van der Waals surface area contributed by atoms with Gasteiger partial charge in [0, 0.05) is 44.7 Å². The molecule has 0 spiro atoms. The van der Waals surface area contributed by atoms with Gasteiger partial charge in [0.15, 0.2) is 0 Å². The minimum absolute atomic E-state index is 0.00845. The average molecular weight is 412 g/mol. The number of aromatic amines is 1. The van der Waals surface area contributed by atoms with E-state index in [9.17, 15) is 9.59 Å². The Morgan fingerprint density at radius 2 is 1.97 bits per heavy atom. The number of H-pyrrole nitrogens is 1. The van der Waals surface area contributed by atoms with Crippen LogP contribution in [0.3, 0.4) is 0 Å². The number of ether oxygens (including phenoxy) is 2. The largest absolute Gasteiger partial charge is 0.446 e. The van der Waals surface area contributed by atoms with E-state index in [1.54, 1.807) is 11.9 Å². The van der Waals surface area contributed by atoms with Crippen molar-refractivity contribution in [3.05, 3.63) is 47.7 Å². The molecule has 1 saturated heterocycles. The molecule has 0 atom stereocenters. The standard InChI is InChI=1S/C22H28N4O4/c1-26(14-15-5-3-2-4-6-15)22(28)30-18-11-17(12-18)19-13-20(25-24-19)23-21(27)16-7-9-29-10-8-16/h2-6,13,16-18H,7-12,14H2,1H3,(H2,23,24,25,27). The van der Waals surface area contributed by atoms with Crippen LogP contribution in [0.2, 0.25) is 0 Å². The normalized spacial score (nSPS) is 21.5. The van der Waals surface area contributed by atoms with Gasteiger partial charge in [-0.05, 0) is 31.2 Å². The molecule has 2 fully saturated rings. The molecule has 2 aliphatic rings. The number of anilines is 1. The Labute approximate surface area is 175 Å². The maximum Gasteiger partial charge on any atom is 0.410 e. The van der Waals surface area contributed by atoms with Gasteiger partial charge < -0.3 is 19.7 Å².